The number of rotatable bonds is 3. The number of benzene rings is 2. The van der Waals surface area contributed by atoms with Gasteiger partial charge in [-0.2, -0.15) is 0 Å². The van der Waals surface area contributed by atoms with Crippen LogP contribution in [0.2, 0.25) is 5.02 Å². The first-order valence-electron chi connectivity index (χ1n) is 5.95. The minimum Gasteiger partial charge on any atom is -0.399 e. The van der Waals surface area contributed by atoms with Gasteiger partial charge < -0.3 is 11.1 Å². The van der Waals surface area contributed by atoms with Gasteiger partial charge in [0.1, 0.15) is 0 Å². The van der Waals surface area contributed by atoms with Crippen LogP contribution in [0.25, 0.3) is 0 Å². The smallest absolute Gasteiger partial charge is 0.251 e. The van der Waals surface area contributed by atoms with E-state index in [1.165, 1.54) is 0 Å². The Balaban J connectivity index is 2.03. The summed E-state index contributed by atoms with van der Waals surface area (Å²) >= 11 is 5.93. The Morgan fingerprint density at radius 2 is 2.05 bits per heavy atom. The lowest BCUT2D eigenvalue weighted by atomic mass is 10.1. The molecule has 2 rings (SSSR count). The van der Waals surface area contributed by atoms with Crippen molar-refractivity contribution in [2.45, 2.75) is 13.5 Å². The summed E-state index contributed by atoms with van der Waals surface area (Å²) in [5.74, 6) is -0.123. The Hall–Kier alpha value is -2.00. The first-order chi connectivity index (χ1) is 9.06. The van der Waals surface area contributed by atoms with Crippen LogP contribution in [-0.2, 0) is 6.54 Å². The van der Waals surface area contributed by atoms with Gasteiger partial charge in [-0.05, 0) is 48.4 Å². The van der Waals surface area contributed by atoms with Gasteiger partial charge >= 0.3 is 0 Å². The summed E-state index contributed by atoms with van der Waals surface area (Å²) in [6.45, 7) is 2.32. The highest BCUT2D eigenvalue weighted by atomic mass is 35.5. The Labute approximate surface area is 117 Å². The van der Waals surface area contributed by atoms with E-state index in [2.05, 4.69) is 5.32 Å². The summed E-state index contributed by atoms with van der Waals surface area (Å²) in [4.78, 5) is 12.0. The summed E-state index contributed by atoms with van der Waals surface area (Å²) < 4.78 is 0. The highest BCUT2D eigenvalue weighted by Gasteiger charge is 2.06. The molecule has 98 valence electrons. The molecule has 0 atom stereocenters. The van der Waals surface area contributed by atoms with Crippen LogP contribution in [-0.4, -0.2) is 5.91 Å². The van der Waals surface area contributed by atoms with E-state index in [0.29, 0.717) is 22.8 Å². The van der Waals surface area contributed by atoms with Gasteiger partial charge in [-0.1, -0.05) is 23.7 Å². The van der Waals surface area contributed by atoms with Crippen molar-refractivity contribution in [3.05, 3.63) is 64.2 Å². The van der Waals surface area contributed by atoms with E-state index in [4.69, 9.17) is 17.3 Å². The van der Waals surface area contributed by atoms with Gasteiger partial charge in [0.15, 0.2) is 0 Å². The number of aryl methyl sites for hydroxylation is 1. The fourth-order valence-electron chi connectivity index (χ4n) is 1.77. The number of amides is 1. The molecule has 0 unspecified atom stereocenters. The number of hydrogen-bond donors (Lipinski definition) is 2. The van der Waals surface area contributed by atoms with Crippen molar-refractivity contribution < 1.29 is 4.79 Å². The third-order valence-electron chi connectivity index (χ3n) is 2.82. The van der Waals surface area contributed by atoms with Gasteiger partial charge in [-0.25, -0.2) is 0 Å². The number of carbonyl (C=O) groups is 1. The van der Waals surface area contributed by atoms with Gasteiger partial charge in [0, 0.05) is 22.8 Å². The van der Waals surface area contributed by atoms with Crippen molar-refractivity contribution in [1.82, 2.24) is 5.32 Å². The molecule has 2 aromatic carbocycles. The molecule has 2 aromatic rings. The van der Waals surface area contributed by atoms with Gasteiger partial charge in [-0.15, -0.1) is 0 Å². The molecule has 0 heterocycles. The van der Waals surface area contributed by atoms with Gasteiger partial charge in [-0.3, -0.25) is 4.79 Å². The average molecular weight is 275 g/mol. The Morgan fingerprint density at radius 3 is 2.74 bits per heavy atom. The molecule has 3 nitrogen and oxygen atoms in total. The van der Waals surface area contributed by atoms with Crippen LogP contribution in [0.1, 0.15) is 21.5 Å². The SMILES string of the molecule is Cc1cc(C(=O)NCc2cccc(N)c2)ccc1Cl. The zero-order chi connectivity index (χ0) is 13.8. The minimum atomic E-state index is -0.123. The van der Waals surface area contributed by atoms with E-state index in [1.54, 1.807) is 18.2 Å². The molecule has 0 aliphatic carbocycles. The van der Waals surface area contributed by atoms with Crippen molar-refractivity contribution in [3.8, 4) is 0 Å². The maximum atomic E-state index is 12.0. The van der Waals surface area contributed by atoms with E-state index >= 15 is 0 Å². The topological polar surface area (TPSA) is 55.1 Å². The summed E-state index contributed by atoms with van der Waals surface area (Å²) in [7, 11) is 0. The second-order valence-electron chi connectivity index (χ2n) is 4.39. The quantitative estimate of drug-likeness (QED) is 0.845. The highest BCUT2D eigenvalue weighted by Crippen LogP contribution is 2.16. The van der Waals surface area contributed by atoms with Crippen LogP contribution < -0.4 is 11.1 Å². The molecule has 4 heteroatoms. The number of nitrogen functional groups attached to an aromatic ring is 1. The number of nitrogens with two attached hydrogens (primary N) is 1. The number of anilines is 1. The fraction of sp³-hybridized carbons (Fsp3) is 0.133. The fourth-order valence-corrected chi connectivity index (χ4v) is 1.89. The van der Waals surface area contributed by atoms with Gasteiger partial charge in [0.25, 0.3) is 5.91 Å². The van der Waals surface area contributed by atoms with E-state index in [9.17, 15) is 4.79 Å². The van der Waals surface area contributed by atoms with E-state index in [-0.39, 0.29) is 5.91 Å². The molecular weight excluding hydrogens is 260 g/mol. The molecule has 1 amide bonds. The second-order valence-corrected chi connectivity index (χ2v) is 4.80. The summed E-state index contributed by atoms with van der Waals surface area (Å²) in [5.41, 5.74) is 8.84. The molecule has 0 aliphatic heterocycles. The lowest BCUT2D eigenvalue weighted by Crippen LogP contribution is -2.22. The van der Waals surface area contributed by atoms with Gasteiger partial charge in [0.05, 0.1) is 0 Å². The van der Waals surface area contributed by atoms with Crippen LogP contribution in [0, 0.1) is 6.92 Å². The summed E-state index contributed by atoms with van der Waals surface area (Å²) in [6.07, 6.45) is 0. The lowest BCUT2D eigenvalue weighted by Gasteiger charge is -2.07. The number of halogens is 1. The predicted molar refractivity (Wildman–Crippen MR) is 78.2 cm³/mol. The van der Waals surface area contributed by atoms with E-state index < -0.39 is 0 Å². The van der Waals surface area contributed by atoms with Crippen molar-refractivity contribution in [3.63, 3.8) is 0 Å². The molecule has 0 radical (unpaired) electrons. The summed E-state index contributed by atoms with van der Waals surface area (Å²) in [6, 6.07) is 12.7. The Bertz CT molecular complexity index is 611. The molecule has 0 aliphatic rings. The first kappa shape index (κ1) is 13.4. The molecule has 0 spiro atoms. The molecule has 0 fully saturated rings. The van der Waals surface area contributed by atoms with Crippen LogP contribution in [0.3, 0.4) is 0 Å². The van der Waals surface area contributed by atoms with Crippen molar-refractivity contribution in [2.75, 3.05) is 5.73 Å². The highest BCUT2D eigenvalue weighted by molar-refractivity contribution is 6.31. The lowest BCUT2D eigenvalue weighted by molar-refractivity contribution is 0.0951. The number of carbonyl (C=O) groups excluding carboxylic acids is 1. The standard InChI is InChI=1S/C15H15ClN2O/c1-10-7-12(5-6-14(10)16)15(19)18-9-11-3-2-4-13(17)8-11/h2-8H,9,17H2,1H3,(H,18,19). The second kappa shape index (κ2) is 5.76. The molecule has 3 N–H and O–H groups in total. The molecule has 0 aromatic heterocycles. The minimum absolute atomic E-state index is 0.123. The van der Waals surface area contributed by atoms with E-state index in [0.717, 1.165) is 11.1 Å². The van der Waals surface area contributed by atoms with Crippen LogP contribution in [0.5, 0.6) is 0 Å². The maximum absolute atomic E-state index is 12.0. The van der Waals surface area contributed by atoms with Crippen molar-refractivity contribution in [2.24, 2.45) is 0 Å². The normalized spacial score (nSPS) is 10.2. The van der Waals surface area contributed by atoms with Crippen LogP contribution in [0.4, 0.5) is 5.69 Å². The van der Waals surface area contributed by atoms with Crippen molar-refractivity contribution in [1.29, 1.82) is 0 Å². The predicted octanol–water partition coefficient (Wildman–Crippen LogP) is 3.16. The van der Waals surface area contributed by atoms with Crippen LogP contribution >= 0.6 is 11.6 Å². The monoisotopic (exact) mass is 274 g/mol. The first-order valence-corrected chi connectivity index (χ1v) is 6.33. The largest absolute Gasteiger partial charge is 0.399 e. The molecule has 19 heavy (non-hydrogen) atoms. The number of hydrogen-bond acceptors (Lipinski definition) is 2. The number of nitrogens with one attached hydrogen (secondary N) is 1. The molecule has 0 saturated carbocycles. The van der Waals surface area contributed by atoms with E-state index in [1.807, 2.05) is 31.2 Å². The zero-order valence-corrected chi connectivity index (χ0v) is 11.4. The van der Waals surface area contributed by atoms with Crippen molar-refractivity contribution >= 4 is 23.2 Å². The Morgan fingerprint density at radius 1 is 1.26 bits per heavy atom. The van der Waals surface area contributed by atoms with Gasteiger partial charge in [0.2, 0.25) is 0 Å². The summed E-state index contributed by atoms with van der Waals surface area (Å²) in [5, 5.41) is 3.51. The average Bonchev–Trinajstić information content (AvgIpc) is 2.39. The maximum Gasteiger partial charge on any atom is 0.251 e. The Kier molecular flexibility index (Phi) is 4.07. The molecule has 0 bridgehead atoms. The molecule has 0 saturated heterocycles. The third kappa shape index (κ3) is 3.48. The third-order valence-corrected chi connectivity index (χ3v) is 3.25. The molecular formula is C15H15ClN2O. The zero-order valence-electron chi connectivity index (χ0n) is 10.6. The van der Waals surface area contributed by atoms with Crippen LogP contribution in [0.15, 0.2) is 42.5 Å².